The SMILES string of the molecule is CC(C)C(=O)c1ccc(F)c2ccccc12. The average Bonchev–Trinajstić information content (AvgIpc) is 2.29. The van der Waals surface area contributed by atoms with E-state index in [0.29, 0.717) is 16.3 Å². The molecule has 2 rings (SSSR count). The van der Waals surface area contributed by atoms with Gasteiger partial charge in [0.2, 0.25) is 0 Å². The highest BCUT2D eigenvalue weighted by Gasteiger charge is 2.14. The summed E-state index contributed by atoms with van der Waals surface area (Å²) in [6, 6.07) is 10.0. The van der Waals surface area contributed by atoms with Gasteiger partial charge in [-0.15, -0.1) is 0 Å². The van der Waals surface area contributed by atoms with Crippen molar-refractivity contribution in [2.75, 3.05) is 0 Å². The Kier molecular flexibility index (Phi) is 2.73. The molecule has 0 aliphatic rings. The Bertz CT molecular complexity index is 543. The molecule has 16 heavy (non-hydrogen) atoms. The largest absolute Gasteiger partial charge is 0.294 e. The van der Waals surface area contributed by atoms with Crippen LogP contribution in [-0.2, 0) is 0 Å². The zero-order valence-corrected chi connectivity index (χ0v) is 9.33. The van der Waals surface area contributed by atoms with Crippen LogP contribution in [0.15, 0.2) is 36.4 Å². The van der Waals surface area contributed by atoms with Crippen LogP contribution in [0.25, 0.3) is 10.8 Å². The maximum Gasteiger partial charge on any atom is 0.166 e. The second-order valence-electron chi connectivity index (χ2n) is 4.16. The lowest BCUT2D eigenvalue weighted by Crippen LogP contribution is -2.08. The summed E-state index contributed by atoms with van der Waals surface area (Å²) < 4.78 is 13.5. The Labute approximate surface area is 93.9 Å². The van der Waals surface area contributed by atoms with E-state index in [1.54, 1.807) is 24.3 Å². The molecule has 1 nitrogen and oxygen atoms in total. The van der Waals surface area contributed by atoms with E-state index in [1.165, 1.54) is 6.07 Å². The average molecular weight is 216 g/mol. The third kappa shape index (κ3) is 1.71. The lowest BCUT2D eigenvalue weighted by Gasteiger charge is -2.08. The van der Waals surface area contributed by atoms with Gasteiger partial charge in [0.05, 0.1) is 0 Å². The number of hydrogen-bond acceptors (Lipinski definition) is 1. The molecule has 82 valence electrons. The summed E-state index contributed by atoms with van der Waals surface area (Å²) in [4.78, 5) is 11.9. The van der Waals surface area contributed by atoms with Crippen LogP contribution in [0.3, 0.4) is 0 Å². The molecular weight excluding hydrogens is 203 g/mol. The monoisotopic (exact) mass is 216 g/mol. The Morgan fingerprint density at radius 3 is 2.31 bits per heavy atom. The smallest absolute Gasteiger partial charge is 0.166 e. The fourth-order valence-corrected chi connectivity index (χ4v) is 1.79. The van der Waals surface area contributed by atoms with Crippen molar-refractivity contribution in [2.24, 2.45) is 5.92 Å². The van der Waals surface area contributed by atoms with Crippen LogP contribution >= 0.6 is 0 Å². The van der Waals surface area contributed by atoms with Gasteiger partial charge in [-0.05, 0) is 17.5 Å². The van der Waals surface area contributed by atoms with Gasteiger partial charge in [0, 0.05) is 16.9 Å². The summed E-state index contributed by atoms with van der Waals surface area (Å²) >= 11 is 0. The third-order valence-electron chi connectivity index (χ3n) is 2.66. The van der Waals surface area contributed by atoms with Crippen molar-refractivity contribution < 1.29 is 9.18 Å². The van der Waals surface area contributed by atoms with E-state index in [1.807, 2.05) is 19.9 Å². The summed E-state index contributed by atoms with van der Waals surface area (Å²) in [5.41, 5.74) is 0.604. The predicted octanol–water partition coefficient (Wildman–Crippen LogP) is 3.82. The maximum absolute atomic E-state index is 13.5. The van der Waals surface area contributed by atoms with Gasteiger partial charge >= 0.3 is 0 Å². The fraction of sp³-hybridized carbons (Fsp3) is 0.214. The molecule has 0 amide bonds. The first-order valence-corrected chi connectivity index (χ1v) is 5.32. The Morgan fingerprint density at radius 2 is 1.69 bits per heavy atom. The van der Waals surface area contributed by atoms with Gasteiger partial charge in [0.1, 0.15) is 5.82 Å². The Balaban J connectivity index is 2.72. The van der Waals surface area contributed by atoms with Gasteiger partial charge in [-0.3, -0.25) is 4.79 Å². The summed E-state index contributed by atoms with van der Waals surface area (Å²) in [6.07, 6.45) is 0. The van der Waals surface area contributed by atoms with E-state index in [9.17, 15) is 9.18 Å². The number of Topliss-reactive ketones (excluding diaryl/α,β-unsaturated/α-hetero) is 1. The minimum atomic E-state index is -0.282. The summed E-state index contributed by atoms with van der Waals surface area (Å²) in [7, 11) is 0. The number of fused-ring (bicyclic) bond motifs is 1. The van der Waals surface area contributed by atoms with E-state index in [0.717, 1.165) is 0 Å². The molecule has 0 saturated heterocycles. The second kappa shape index (κ2) is 4.05. The molecule has 0 unspecified atom stereocenters. The van der Waals surface area contributed by atoms with Crippen LogP contribution in [-0.4, -0.2) is 5.78 Å². The molecule has 0 aliphatic heterocycles. The molecule has 0 atom stereocenters. The number of halogens is 1. The fourth-order valence-electron chi connectivity index (χ4n) is 1.79. The van der Waals surface area contributed by atoms with Crippen molar-refractivity contribution in [2.45, 2.75) is 13.8 Å². The zero-order valence-electron chi connectivity index (χ0n) is 9.33. The summed E-state index contributed by atoms with van der Waals surface area (Å²) in [5.74, 6) is -0.305. The van der Waals surface area contributed by atoms with E-state index in [-0.39, 0.29) is 17.5 Å². The highest BCUT2D eigenvalue weighted by molar-refractivity contribution is 6.08. The number of carbonyl (C=O) groups is 1. The molecule has 2 heteroatoms. The van der Waals surface area contributed by atoms with Crippen LogP contribution < -0.4 is 0 Å². The molecule has 0 heterocycles. The van der Waals surface area contributed by atoms with Crippen LogP contribution in [0, 0.1) is 11.7 Å². The lowest BCUT2D eigenvalue weighted by molar-refractivity contribution is 0.0941. The lowest BCUT2D eigenvalue weighted by atomic mass is 9.95. The number of hydrogen-bond donors (Lipinski definition) is 0. The minimum absolute atomic E-state index is 0.0520. The summed E-state index contributed by atoms with van der Waals surface area (Å²) in [5, 5.41) is 1.20. The van der Waals surface area contributed by atoms with E-state index in [2.05, 4.69) is 0 Å². The number of ketones is 1. The molecule has 0 aliphatic carbocycles. The minimum Gasteiger partial charge on any atom is -0.294 e. The first kappa shape index (κ1) is 10.8. The van der Waals surface area contributed by atoms with Crippen molar-refractivity contribution in [3.8, 4) is 0 Å². The zero-order chi connectivity index (χ0) is 11.7. The van der Waals surface area contributed by atoms with Crippen molar-refractivity contribution in [3.63, 3.8) is 0 Å². The molecule has 0 radical (unpaired) electrons. The van der Waals surface area contributed by atoms with Crippen molar-refractivity contribution in [3.05, 3.63) is 47.8 Å². The van der Waals surface area contributed by atoms with Crippen LogP contribution in [0.5, 0.6) is 0 Å². The Morgan fingerprint density at radius 1 is 1.06 bits per heavy atom. The van der Waals surface area contributed by atoms with Crippen LogP contribution in [0.1, 0.15) is 24.2 Å². The van der Waals surface area contributed by atoms with Crippen LogP contribution in [0.2, 0.25) is 0 Å². The van der Waals surface area contributed by atoms with Gasteiger partial charge in [-0.25, -0.2) is 4.39 Å². The number of rotatable bonds is 2. The highest BCUT2D eigenvalue weighted by atomic mass is 19.1. The van der Waals surface area contributed by atoms with Gasteiger partial charge in [0.15, 0.2) is 5.78 Å². The van der Waals surface area contributed by atoms with E-state index in [4.69, 9.17) is 0 Å². The standard InChI is InChI=1S/C14H13FO/c1-9(2)14(16)12-7-8-13(15)11-6-4-3-5-10(11)12/h3-9H,1-2H3. The molecule has 0 N–H and O–H groups in total. The topological polar surface area (TPSA) is 17.1 Å². The molecule has 0 fully saturated rings. The van der Waals surface area contributed by atoms with Crippen molar-refractivity contribution in [1.82, 2.24) is 0 Å². The van der Waals surface area contributed by atoms with Crippen LogP contribution in [0.4, 0.5) is 4.39 Å². The maximum atomic E-state index is 13.5. The normalized spacial score (nSPS) is 11.0. The highest BCUT2D eigenvalue weighted by Crippen LogP contribution is 2.23. The molecule has 2 aromatic carbocycles. The first-order chi connectivity index (χ1) is 7.61. The van der Waals surface area contributed by atoms with Gasteiger partial charge in [0.25, 0.3) is 0 Å². The van der Waals surface area contributed by atoms with Gasteiger partial charge in [-0.1, -0.05) is 38.1 Å². The number of carbonyl (C=O) groups excluding carboxylic acids is 1. The molecule has 0 spiro atoms. The van der Waals surface area contributed by atoms with Crippen molar-refractivity contribution in [1.29, 1.82) is 0 Å². The molecule has 0 bridgehead atoms. The van der Waals surface area contributed by atoms with Crippen molar-refractivity contribution >= 4 is 16.6 Å². The van der Waals surface area contributed by atoms with Gasteiger partial charge in [-0.2, -0.15) is 0 Å². The van der Waals surface area contributed by atoms with E-state index >= 15 is 0 Å². The first-order valence-electron chi connectivity index (χ1n) is 5.32. The quantitative estimate of drug-likeness (QED) is 0.697. The number of benzene rings is 2. The molecule has 2 aromatic rings. The van der Waals surface area contributed by atoms with Gasteiger partial charge < -0.3 is 0 Å². The summed E-state index contributed by atoms with van der Waals surface area (Å²) in [6.45, 7) is 3.70. The van der Waals surface area contributed by atoms with E-state index < -0.39 is 0 Å². The third-order valence-corrected chi connectivity index (χ3v) is 2.66. The molecule has 0 aromatic heterocycles. The second-order valence-corrected chi connectivity index (χ2v) is 4.16. The Hall–Kier alpha value is -1.70. The molecule has 0 saturated carbocycles. The molecular formula is C14H13FO. The predicted molar refractivity (Wildman–Crippen MR) is 63.1 cm³/mol.